The minimum Gasteiger partial charge on any atom is -0.462 e. The Labute approximate surface area is 429 Å². The molecule has 0 spiro atoms. The molecule has 0 radical (unpaired) electrons. The maximum absolute atomic E-state index is 12.9. The lowest BCUT2D eigenvalue weighted by Crippen LogP contribution is -2.30. The van der Waals surface area contributed by atoms with E-state index in [4.69, 9.17) is 14.2 Å². The van der Waals surface area contributed by atoms with Crippen LogP contribution in [0.2, 0.25) is 0 Å². The summed E-state index contributed by atoms with van der Waals surface area (Å²) in [5.74, 6) is -0.865. The topological polar surface area (TPSA) is 78.9 Å². The Morgan fingerprint density at radius 3 is 0.841 bits per heavy atom. The van der Waals surface area contributed by atoms with E-state index in [-0.39, 0.29) is 31.1 Å². The van der Waals surface area contributed by atoms with E-state index >= 15 is 0 Å². The number of unbranched alkanes of at least 4 members (excludes halogenated alkanes) is 39. The van der Waals surface area contributed by atoms with Crippen LogP contribution in [0.15, 0.2) is 36.5 Å². The average Bonchev–Trinajstić information content (AvgIpc) is 3.35. The van der Waals surface area contributed by atoms with Crippen molar-refractivity contribution >= 4 is 17.9 Å². The zero-order chi connectivity index (χ0) is 50.0. The summed E-state index contributed by atoms with van der Waals surface area (Å²) in [6, 6.07) is 0. The molecule has 0 heterocycles. The third-order valence-corrected chi connectivity index (χ3v) is 13.6. The van der Waals surface area contributed by atoms with Crippen LogP contribution in [0.4, 0.5) is 0 Å². The Hall–Kier alpha value is -2.37. The van der Waals surface area contributed by atoms with Crippen molar-refractivity contribution in [3.05, 3.63) is 36.5 Å². The molecule has 1 unspecified atom stereocenters. The third kappa shape index (κ3) is 56.4. The fourth-order valence-electron chi connectivity index (χ4n) is 9.00. The first kappa shape index (κ1) is 66.6. The third-order valence-electron chi connectivity index (χ3n) is 13.6. The highest BCUT2D eigenvalue weighted by atomic mass is 16.6. The predicted molar refractivity (Wildman–Crippen MR) is 298 cm³/mol. The second-order valence-corrected chi connectivity index (χ2v) is 20.6. The van der Waals surface area contributed by atoms with Crippen LogP contribution < -0.4 is 0 Å². The molecule has 404 valence electrons. The van der Waals surface area contributed by atoms with E-state index in [0.717, 1.165) is 70.6 Å². The van der Waals surface area contributed by atoms with Gasteiger partial charge in [0.2, 0.25) is 0 Å². The minimum absolute atomic E-state index is 0.0727. The van der Waals surface area contributed by atoms with Crippen molar-refractivity contribution in [2.75, 3.05) is 13.2 Å². The van der Waals surface area contributed by atoms with Crippen LogP contribution >= 0.6 is 0 Å². The first-order chi connectivity index (χ1) is 34.0. The number of allylic oxidation sites excluding steroid dienone is 6. The fourth-order valence-corrected chi connectivity index (χ4v) is 9.00. The lowest BCUT2D eigenvalue weighted by atomic mass is 10.0. The van der Waals surface area contributed by atoms with Crippen molar-refractivity contribution < 1.29 is 28.6 Å². The van der Waals surface area contributed by atoms with Crippen molar-refractivity contribution in [1.82, 2.24) is 0 Å². The highest BCUT2D eigenvalue weighted by molar-refractivity contribution is 5.71. The number of ether oxygens (including phenoxy) is 3. The summed E-state index contributed by atoms with van der Waals surface area (Å²) in [6.45, 7) is 6.65. The summed E-state index contributed by atoms with van der Waals surface area (Å²) in [4.78, 5) is 38.2. The molecule has 0 aliphatic heterocycles. The fraction of sp³-hybridized carbons (Fsp3) is 0.857. The summed E-state index contributed by atoms with van der Waals surface area (Å²) in [5, 5.41) is 0. The first-order valence-corrected chi connectivity index (χ1v) is 30.5. The van der Waals surface area contributed by atoms with Crippen LogP contribution in [0.3, 0.4) is 0 Å². The van der Waals surface area contributed by atoms with E-state index in [9.17, 15) is 14.4 Å². The second kappa shape index (κ2) is 58.2. The van der Waals surface area contributed by atoms with Gasteiger partial charge in [0.15, 0.2) is 6.10 Å². The molecule has 0 aliphatic carbocycles. The molecule has 0 aliphatic rings. The Morgan fingerprint density at radius 2 is 0.522 bits per heavy atom. The van der Waals surface area contributed by atoms with Crippen LogP contribution in [-0.2, 0) is 28.6 Å². The van der Waals surface area contributed by atoms with Gasteiger partial charge in [-0.15, -0.1) is 0 Å². The van der Waals surface area contributed by atoms with Crippen molar-refractivity contribution in [2.24, 2.45) is 0 Å². The van der Waals surface area contributed by atoms with Gasteiger partial charge in [-0.2, -0.15) is 0 Å². The van der Waals surface area contributed by atoms with Gasteiger partial charge in [-0.05, 0) is 77.0 Å². The lowest BCUT2D eigenvalue weighted by Gasteiger charge is -2.18. The van der Waals surface area contributed by atoms with Crippen molar-refractivity contribution in [2.45, 2.75) is 335 Å². The van der Waals surface area contributed by atoms with Crippen LogP contribution in [0.1, 0.15) is 329 Å². The Balaban J connectivity index is 4.34. The minimum atomic E-state index is -0.776. The van der Waals surface area contributed by atoms with Gasteiger partial charge in [0.25, 0.3) is 0 Å². The number of rotatable bonds is 56. The number of esters is 3. The van der Waals surface area contributed by atoms with Gasteiger partial charge in [0.05, 0.1) is 0 Å². The van der Waals surface area contributed by atoms with Crippen LogP contribution in [0.25, 0.3) is 0 Å². The molecule has 0 aromatic carbocycles. The van der Waals surface area contributed by atoms with E-state index in [0.29, 0.717) is 19.3 Å². The Kier molecular flexibility index (Phi) is 56.2. The zero-order valence-corrected chi connectivity index (χ0v) is 46.3. The van der Waals surface area contributed by atoms with E-state index < -0.39 is 6.10 Å². The molecular formula is C63H116O6. The molecule has 6 heteroatoms. The second-order valence-electron chi connectivity index (χ2n) is 20.6. The maximum Gasteiger partial charge on any atom is 0.306 e. The quantitative estimate of drug-likeness (QED) is 0.0261. The SMILES string of the molecule is CCCCC/C=C\C/C=C\CCCCCCCCCCCC(=O)OCC(COC(=O)CCCCCCCCCCCCCCCCCC)OC(=O)CCCCCCC/C=C\CCCCCCCCC. The summed E-state index contributed by atoms with van der Waals surface area (Å²) < 4.78 is 16.9. The van der Waals surface area contributed by atoms with Crippen LogP contribution in [-0.4, -0.2) is 37.2 Å². The van der Waals surface area contributed by atoms with Gasteiger partial charge in [-0.3, -0.25) is 14.4 Å². The van der Waals surface area contributed by atoms with Gasteiger partial charge in [0, 0.05) is 19.3 Å². The van der Waals surface area contributed by atoms with Gasteiger partial charge in [-0.1, -0.05) is 269 Å². The number of carbonyl (C=O) groups excluding carboxylic acids is 3. The number of hydrogen-bond donors (Lipinski definition) is 0. The Bertz CT molecular complexity index is 1160. The van der Waals surface area contributed by atoms with E-state index in [1.807, 2.05) is 0 Å². The molecule has 0 aromatic rings. The molecule has 0 bridgehead atoms. The predicted octanol–water partition coefficient (Wildman–Crippen LogP) is 20.4. The molecule has 0 aromatic heterocycles. The number of carbonyl (C=O) groups is 3. The normalized spacial score (nSPS) is 12.2. The van der Waals surface area contributed by atoms with Gasteiger partial charge in [0.1, 0.15) is 13.2 Å². The molecule has 0 N–H and O–H groups in total. The van der Waals surface area contributed by atoms with E-state index in [1.54, 1.807) is 0 Å². The molecule has 0 rings (SSSR count). The monoisotopic (exact) mass is 969 g/mol. The van der Waals surface area contributed by atoms with Crippen LogP contribution in [0, 0.1) is 0 Å². The van der Waals surface area contributed by atoms with Crippen molar-refractivity contribution in [1.29, 1.82) is 0 Å². The molecule has 0 saturated heterocycles. The van der Waals surface area contributed by atoms with Gasteiger partial charge in [-0.25, -0.2) is 0 Å². The van der Waals surface area contributed by atoms with E-state index in [1.165, 1.54) is 218 Å². The molecule has 6 nitrogen and oxygen atoms in total. The summed E-state index contributed by atoms with van der Waals surface area (Å²) in [6.07, 6.45) is 69.9. The molecule has 1 atom stereocenters. The summed E-state index contributed by atoms with van der Waals surface area (Å²) in [5.41, 5.74) is 0. The van der Waals surface area contributed by atoms with Gasteiger partial charge < -0.3 is 14.2 Å². The molecule has 0 saturated carbocycles. The first-order valence-electron chi connectivity index (χ1n) is 30.5. The highest BCUT2D eigenvalue weighted by Crippen LogP contribution is 2.17. The lowest BCUT2D eigenvalue weighted by molar-refractivity contribution is -0.167. The standard InChI is InChI=1S/C63H116O6/c1-4-7-10-13-16-19-22-25-28-31-32-33-36-38-41-44-47-50-53-56-62(65)68-59-60(69-63(66)57-54-51-48-45-42-39-35-30-27-24-21-18-15-12-9-6-3)58-67-61(64)55-52-49-46-43-40-37-34-29-26-23-20-17-14-11-8-5-2/h16,19,25,28,30,35,60H,4-15,17-18,20-24,26-27,29,31-34,36-59H2,1-3H3/b19-16-,28-25-,35-30-. The zero-order valence-electron chi connectivity index (χ0n) is 46.3. The number of hydrogen-bond acceptors (Lipinski definition) is 6. The molecule has 0 fully saturated rings. The highest BCUT2D eigenvalue weighted by Gasteiger charge is 2.19. The molecular weight excluding hydrogens is 853 g/mol. The maximum atomic E-state index is 12.9. The summed E-state index contributed by atoms with van der Waals surface area (Å²) in [7, 11) is 0. The largest absolute Gasteiger partial charge is 0.462 e. The van der Waals surface area contributed by atoms with Gasteiger partial charge >= 0.3 is 17.9 Å². The summed E-state index contributed by atoms with van der Waals surface area (Å²) >= 11 is 0. The van der Waals surface area contributed by atoms with Crippen molar-refractivity contribution in [3.8, 4) is 0 Å². The van der Waals surface area contributed by atoms with Crippen molar-refractivity contribution in [3.63, 3.8) is 0 Å². The molecule has 0 amide bonds. The molecule has 69 heavy (non-hydrogen) atoms. The average molecular weight is 970 g/mol. The van der Waals surface area contributed by atoms with Crippen LogP contribution in [0.5, 0.6) is 0 Å². The smallest absolute Gasteiger partial charge is 0.306 e. The van der Waals surface area contributed by atoms with E-state index in [2.05, 4.69) is 57.2 Å². The Morgan fingerprint density at radius 1 is 0.290 bits per heavy atom.